The molecule has 0 unspecified atom stereocenters. The van der Waals surface area contributed by atoms with Gasteiger partial charge in [-0.05, 0) is 63.2 Å². The SMILES string of the molecule is C[C@H]1CN(C)CCN1c1ccc(Nc2ncc3c(=O)n4n(c3n2)-c2ccc3c(n2)N(CCC/C=C\C4)C(=O)CO3)cc1. The molecule has 1 amide bonds. The third kappa shape index (κ3) is 4.67. The number of aromatic nitrogens is 5. The topological polar surface area (TPSA) is 114 Å². The first-order valence-electron chi connectivity index (χ1n) is 14.4. The Morgan fingerprint density at radius 3 is 2.69 bits per heavy atom. The van der Waals surface area contributed by atoms with Crippen LogP contribution in [0.15, 0.2) is 59.5 Å². The summed E-state index contributed by atoms with van der Waals surface area (Å²) in [6.45, 7) is 6.18. The van der Waals surface area contributed by atoms with Crippen LogP contribution >= 0.6 is 0 Å². The highest BCUT2D eigenvalue weighted by Gasteiger charge is 2.28. The molecular formula is C30H33N9O3. The number of pyridine rings is 1. The van der Waals surface area contributed by atoms with Crippen molar-refractivity contribution in [1.29, 1.82) is 0 Å². The molecule has 0 aliphatic carbocycles. The highest BCUT2D eigenvalue weighted by Crippen LogP contribution is 2.32. The lowest BCUT2D eigenvalue weighted by atomic mass is 10.1. The number of amides is 1. The Morgan fingerprint density at radius 2 is 1.86 bits per heavy atom. The fourth-order valence-electron chi connectivity index (χ4n) is 5.95. The average Bonchev–Trinajstić information content (AvgIpc) is 3.25. The van der Waals surface area contributed by atoms with Gasteiger partial charge in [-0.15, -0.1) is 0 Å². The van der Waals surface area contributed by atoms with E-state index >= 15 is 0 Å². The number of piperazine rings is 1. The molecule has 6 heterocycles. The third-order valence-electron chi connectivity index (χ3n) is 8.11. The average molecular weight is 568 g/mol. The molecule has 1 N–H and O–H groups in total. The number of anilines is 4. The molecule has 0 radical (unpaired) electrons. The number of fused-ring (bicyclic) bond motifs is 5. The van der Waals surface area contributed by atoms with Crippen molar-refractivity contribution in [3.63, 3.8) is 0 Å². The van der Waals surface area contributed by atoms with E-state index in [-0.39, 0.29) is 18.1 Å². The molecule has 1 saturated heterocycles. The highest BCUT2D eigenvalue weighted by atomic mass is 16.5. The van der Waals surface area contributed by atoms with Gasteiger partial charge in [0.15, 0.2) is 29.6 Å². The Balaban J connectivity index is 1.26. The number of carbonyl (C=O) groups is 1. The van der Waals surface area contributed by atoms with Gasteiger partial charge in [0, 0.05) is 49.8 Å². The van der Waals surface area contributed by atoms with Gasteiger partial charge in [0.1, 0.15) is 5.39 Å². The van der Waals surface area contributed by atoms with E-state index in [4.69, 9.17) is 14.7 Å². The number of likely N-dealkylation sites (N-methyl/N-ethyl adjacent to an activating group) is 1. The van der Waals surface area contributed by atoms with Crippen LogP contribution in [0.4, 0.5) is 23.1 Å². The maximum atomic E-state index is 13.5. The molecule has 4 aromatic rings. The lowest BCUT2D eigenvalue weighted by Gasteiger charge is -2.39. The van der Waals surface area contributed by atoms with Crippen LogP contribution in [0, 0.1) is 0 Å². The van der Waals surface area contributed by atoms with E-state index in [9.17, 15) is 9.59 Å². The Labute approximate surface area is 242 Å². The summed E-state index contributed by atoms with van der Waals surface area (Å²) in [5.74, 6) is 1.70. The minimum absolute atomic E-state index is 0.0152. The molecule has 12 heteroatoms. The first-order chi connectivity index (χ1) is 20.5. The zero-order valence-corrected chi connectivity index (χ0v) is 23.7. The minimum Gasteiger partial charge on any atom is -0.480 e. The van der Waals surface area contributed by atoms with Crippen LogP contribution in [0.3, 0.4) is 0 Å². The number of nitrogens with zero attached hydrogens (tertiary/aromatic N) is 8. The number of allylic oxidation sites excluding steroid dienone is 2. The summed E-state index contributed by atoms with van der Waals surface area (Å²) in [4.78, 5) is 46.7. The number of carbonyl (C=O) groups excluding carboxylic acids is 1. The molecule has 12 nitrogen and oxygen atoms in total. The molecule has 1 atom stereocenters. The second-order valence-electron chi connectivity index (χ2n) is 11.0. The maximum Gasteiger partial charge on any atom is 0.278 e. The van der Waals surface area contributed by atoms with Gasteiger partial charge in [-0.25, -0.2) is 19.3 Å². The first kappa shape index (κ1) is 26.2. The molecule has 3 aliphatic heterocycles. The van der Waals surface area contributed by atoms with Crippen LogP contribution in [-0.4, -0.2) is 81.0 Å². The van der Waals surface area contributed by atoms with E-state index in [1.807, 2.05) is 24.3 Å². The monoisotopic (exact) mass is 567 g/mol. The van der Waals surface area contributed by atoms with E-state index in [2.05, 4.69) is 46.2 Å². The van der Waals surface area contributed by atoms with Gasteiger partial charge in [0.25, 0.3) is 11.5 Å². The van der Waals surface area contributed by atoms with Crippen LogP contribution in [0.1, 0.15) is 19.8 Å². The maximum absolute atomic E-state index is 13.5. The molecule has 3 aromatic heterocycles. The molecule has 1 fully saturated rings. The van der Waals surface area contributed by atoms with E-state index in [0.717, 1.165) is 38.2 Å². The van der Waals surface area contributed by atoms with Crippen LogP contribution in [0.5, 0.6) is 5.75 Å². The molecule has 42 heavy (non-hydrogen) atoms. The number of benzene rings is 1. The summed E-state index contributed by atoms with van der Waals surface area (Å²) >= 11 is 0. The number of rotatable bonds is 3. The van der Waals surface area contributed by atoms with E-state index in [1.54, 1.807) is 32.6 Å². The van der Waals surface area contributed by atoms with Crippen molar-refractivity contribution in [2.45, 2.75) is 32.4 Å². The minimum atomic E-state index is -0.215. The molecule has 1 aromatic carbocycles. The van der Waals surface area contributed by atoms with Gasteiger partial charge in [0.2, 0.25) is 5.95 Å². The summed E-state index contributed by atoms with van der Waals surface area (Å²) < 4.78 is 8.95. The summed E-state index contributed by atoms with van der Waals surface area (Å²) in [6, 6.07) is 12.3. The predicted molar refractivity (Wildman–Crippen MR) is 161 cm³/mol. The molecule has 2 bridgehead atoms. The van der Waals surface area contributed by atoms with Crippen molar-refractivity contribution in [2.75, 3.05) is 55.0 Å². The third-order valence-corrected chi connectivity index (χ3v) is 8.11. The van der Waals surface area contributed by atoms with Gasteiger partial charge in [-0.1, -0.05) is 12.2 Å². The van der Waals surface area contributed by atoms with Gasteiger partial charge < -0.3 is 19.9 Å². The Hall–Kier alpha value is -4.71. The van der Waals surface area contributed by atoms with Crippen molar-refractivity contribution in [2.24, 2.45) is 0 Å². The molecule has 0 spiro atoms. The lowest BCUT2D eigenvalue weighted by molar-refractivity contribution is -0.121. The second-order valence-corrected chi connectivity index (χ2v) is 11.0. The standard InChI is InChI=1S/C30H33N9O3/c1-20-18-35(2)15-16-36(20)22-9-7-21(8-10-22)32-30-31-17-23-27(34-30)39-25-12-11-24-28(33-25)37(26(40)19-42-24)13-5-3-4-6-14-38(39)29(23)41/h4,6-12,17,20H,3,5,13-16,18-19H2,1-2H3,(H,31,32,34)/b6-4-/t20-/m0/s1. The zero-order chi connectivity index (χ0) is 28.8. The molecule has 3 aliphatic rings. The quantitative estimate of drug-likeness (QED) is 0.373. The first-order valence-corrected chi connectivity index (χ1v) is 14.4. The number of ether oxygens (including phenoxy) is 1. The van der Waals surface area contributed by atoms with Gasteiger partial charge in [-0.2, -0.15) is 4.98 Å². The van der Waals surface area contributed by atoms with Gasteiger partial charge in [-0.3, -0.25) is 14.5 Å². The van der Waals surface area contributed by atoms with Crippen LogP contribution < -0.4 is 25.4 Å². The Morgan fingerprint density at radius 1 is 1.00 bits per heavy atom. The predicted octanol–water partition coefficient (Wildman–Crippen LogP) is 2.94. The smallest absolute Gasteiger partial charge is 0.278 e. The fourth-order valence-corrected chi connectivity index (χ4v) is 5.95. The van der Waals surface area contributed by atoms with Crippen LogP contribution in [0.2, 0.25) is 0 Å². The summed E-state index contributed by atoms with van der Waals surface area (Å²) in [5, 5.41) is 3.68. The van der Waals surface area contributed by atoms with Crippen molar-refractivity contribution in [3.05, 3.63) is 65.1 Å². The van der Waals surface area contributed by atoms with Crippen molar-refractivity contribution in [1.82, 2.24) is 29.2 Å². The highest BCUT2D eigenvalue weighted by molar-refractivity contribution is 5.96. The van der Waals surface area contributed by atoms with Gasteiger partial charge in [0.05, 0.1) is 6.54 Å². The molecule has 7 rings (SSSR count). The number of nitrogens with one attached hydrogen (secondary N) is 1. The number of hydrogen-bond donors (Lipinski definition) is 1. The summed E-state index contributed by atoms with van der Waals surface area (Å²) in [6.07, 6.45) is 7.11. The molecular weight excluding hydrogens is 534 g/mol. The zero-order valence-electron chi connectivity index (χ0n) is 23.7. The summed E-state index contributed by atoms with van der Waals surface area (Å²) in [7, 11) is 2.16. The molecule has 0 saturated carbocycles. The van der Waals surface area contributed by atoms with Crippen LogP contribution in [0.25, 0.3) is 16.9 Å². The lowest BCUT2D eigenvalue weighted by Crippen LogP contribution is -2.50. The number of hydrogen-bond acceptors (Lipinski definition) is 9. The Kier molecular flexibility index (Phi) is 6.62. The second kappa shape index (κ2) is 10.6. The van der Waals surface area contributed by atoms with Crippen LogP contribution in [-0.2, 0) is 11.3 Å². The molecule has 216 valence electrons. The van der Waals surface area contributed by atoms with Crippen molar-refractivity contribution < 1.29 is 9.53 Å². The normalized spacial score (nSPS) is 20.0. The Bertz CT molecular complexity index is 1740. The largest absolute Gasteiger partial charge is 0.480 e. The van der Waals surface area contributed by atoms with Gasteiger partial charge >= 0.3 is 0 Å². The van der Waals surface area contributed by atoms with Crippen molar-refractivity contribution >= 4 is 40.1 Å². The summed E-state index contributed by atoms with van der Waals surface area (Å²) in [5.41, 5.74) is 2.23. The fraction of sp³-hybridized carbons (Fsp3) is 0.367. The van der Waals surface area contributed by atoms with Crippen molar-refractivity contribution in [3.8, 4) is 11.6 Å². The van der Waals surface area contributed by atoms with E-state index in [0.29, 0.717) is 53.5 Å². The van der Waals surface area contributed by atoms with E-state index < -0.39 is 0 Å². The van der Waals surface area contributed by atoms with E-state index in [1.165, 1.54) is 5.69 Å².